The number of piperidine rings is 1. The molecule has 0 radical (unpaired) electrons. The first-order chi connectivity index (χ1) is 13.9. The van der Waals surface area contributed by atoms with Crippen LogP contribution in [0.5, 0.6) is 0 Å². The second kappa shape index (κ2) is 9.59. The van der Waals surface area contributed by atoms with Crippen molar-refractivity contribution in [3.63, 3.8) is 0 Å². The molecule has 1 aromatic carbocycles. The molecule has 1 N–H and O–H groups in total. The van der Waals surface area contributed by atoms with Gasteiger partial charge in [-0.1, -0.05) is 33.1 Å². The molecule has 2 amide bonds. The van der Waals surface area contributed by atoms with E-state index in [0.717, 1.165) is 12.8 Å². The van der Waals surface area contributed by atoms with Gasteiger partial charge in [0, 0.05) is 43.7 Å². The number of carbonyl (C=O) groups is 2. The number of nitrogens with one attached hydrogen (secondary N) is 1. The molecule has 2 fully saturated rings. The van der Waals surface area contributed by atoms with Crippen LogP contribution in [0.1, 0.15) is 58.8 Å². The van der Waals surface area contributed by atoms with Crippen LogP contribution in [0.15, 0.2) is 18.2 Å². The molecule has 1 saturated heterocycles. The van der Waals surface area contributed by atoms with Crippen LogP contribution in [-0.4, -0.2) is 42.9 Å². The summed E-state index contributed by atoms with van der Waals surface area (Å²) in [6.45, 7) is 5.00. The van der Waals surface area contributed by atoms with E-state index in [9.17, 15) is 14.0 Å². The third-order valence-corrected chi connectivity index (χ3v) is 6.39. The highest BCUT2D eigenvalue weighted by Crippen LogP contribution is 2.29. The Balaban J connectivity index is 1.56. The fraction of sp³-hybridized carbons (Fsp3) is 0.652. The zero-order valence-corrected chi connectivity index (χ0v) is 17.9. The lowest BCUT2D eigenvalue weighted by atomic mass is 9.94. The van der Waals surface area contributed by atoms with Gasteiger partial charge in [0.2, 0.25) is 11.8 Å². The zero-order chi connectivity index (χ0) is 21.0. The number of nitrogens with zero attached hydrogens (tertiary/aromatic N) is 2. The van der Waals surface area contributed by atoms with Gasteiger partial charge in [0.25, 0.3) is 0 Å². The molecular weight excluding hydrogens is 369 g/mol. The predicted octanol–water partition coefficient (Wildman–Crippen LogP) is 4.43. The van der Waals surface area contributed by atoms with Crippen molar-refractivity contribution in [3.05, 3.63) is 24.0 Å². The molecule has 1 aromatic rings. The maximum atomic E-state index is 14.7. The number of hydrogen-bond acceptors (Lipinski definition) is 3. The Labute approximate surface area is 173 Å². The Hall–Kier alpha value is -2.11. The Bertz CT molecular complexity index is 723. The highest BCUT2D eigenvalue weighted by molar-refractivity contribution is 5.93. The first-order valence-corrected chi connectivity index (χ1v) is 11.0. The Morgan fingerprint density at radius 1 is 1.10 bits per heavy atom. The highest BCUT2D eigenvalue weighted by atomic mass is 19.1. The molecule has 0 bridgehead atoms. The molecule has 29 heavy (non-hydrogen) atoms. The quantitative estimate of drug-likeness (QED) is 0.791. The van der Waals surface area contributed by atoms with E-state index in [1.54, 1.807) is 12.1 Å². The van der Waals surface area contributed by atoms with Crippen molar-refractivity contribution in [2.75, 3.05) is 30.4 Å². The number of rotatable bonds is 5. The van der Waals surface area contributed by atoms with Gasteiger partial charge >= 0.3 is 0 Å². The summed E-state index contributed by atoms with van der Waals surface area (Å²) in [5, 5.41) is 2.86. The highest BCUT2D eigenvalue weighted by Gasteiger charge is 2.28. The number of halogens is 1. The summed E-state index contributed by atoms with van der Waals surface area (Å²) in [5.41, 5.74) is 1.09. The van der Waals surface area contributed by atoms with Crippen LogP contribution in [0.4, 0.5) is 15.8 Å². The molecule has 0 atom stereocenters. The summed E-state index contributed by atoms with van der Waals surface area (Å²) in [7, 11) is 1.96. The molecule has 0 aromatic heterocycles. The van der Waals surface area contributed by atoms with Gasteiger partial charge < -0.3 is 15.1 Å². The molecule has 1 heterocycles. The molecular formula is C23H34FN3O2. The van der Waals surface area contributed by atoms with Crippen LogP contribution < -0.4 is 10.2 Å². The van der Waals surface area contributed by atoms with E-state index < -0.39 is 0 Å². The summed E-state index contributed by atoms with van der Waals surface area (Å²) in [6.07, 6.45) is 7.17. The number of anilines is 2. The van der Waals surface area contributed by atoms with Gasteiger partial charge in [0.15, 0.2) is 0 Å². The lowest BCUT2D eigenvalue weighted by Crippen LogP contribution is -2.43. The van der Waals surface area contributed by atoms with E-state index in [4.69, 9.17) is 0 Å². The van der Waals surface area contributed by atoms with E-state index in [1.165, 1.54) is 25.3 Å². The first-order valence-electron chi connectivity index (χ1n) is 11.0. The van der Waals surface area contributed by atoms with Crippen molar-refractivity contribution in [3.8, 4) is 0 Å². The predicted molar refractivity (Wildman–Crippen MR) is 114 cm³/mol. The number of amides is 2. The normalized spacial score (nSPS) is 18.7. The average molecular weight is 404 g/mol. The lowest BCUT2D eigenvalue weighted by molar-refractivity contribution is -0.137. The van der Waals surface area contributed by atoms with Crippen LogP contribution in [0.3, 0.4) is 0 Å². The Morgan fingerprint density at radius 3 is 2.34 bits per heavy atom. The molecule has 1 aliphatic heterocycles. The van der Waals surface area contributed by atoms with Gasteiger partial charge in [-0.15, -0.1) is 0 Å². The molecule has 0 unspecified atom stereocenters. The van der Waals surface area contributed by atoms with Crippen molar-refractivity contribution in [1.29, 1.82) is 0 Å². The standard InChI is InChI=1S/C23H34FN3O2/c1-16(2)23(29)27-13-11-17(12-14-27)22(28)25-18-9-10-21(20(24)15-18)26(3)19-7-5-4-6-8-19/h9-10,15-17,19H,4-8,11-14H2,1-3H3,(H,25,28). The van der Waals surface area contributed by atoms with Crippen molar-refractivity contribution < 1.29 is 14.0 Å². The molecule has 160 valence electrons. The average Bonchev–Trinajstić information content (AvgIpc) is 2.73. The molecule has 2 aliphatic rings. The Morgan fingerprint density at radius 2 is 1.76 bits per heavy atom. The van der Waals surface area contributed by atoms with E-state index in [2.05, 4.69) is 5.32 Å². The van der Waals surface area contributed by atoms with Crippen LogP contribution in [0.25, 0.3) is 0 Å². The monoisotopic (exact) mass is 403 g/mol. The number of carbonyl (C=O) groups excluding carboxylic acids is 2. The van der Waals surface area contributed by atoms with E-state index in [-0.39, 0.29) is 29.5 Å². The largest absolute Gasteiger partial charge is 0.369 e. The maximum Gasteiger partial charge on any atom is 0.227 e. The third kappa shape index (κ3) is 5.28. The minimum Gasteiger partial charge on any atom is -0.369 e. The second-order valence-corrected chi connectivity index (χ2v) is 8.81. The smallest absolute Gasteiger partial charge is 0.227 e. The fourth-order valence-electron chi connectivity index (χ4n) is 4.51. The Kier molecular flexibility index (Phi) is 7.14. The second-order valence-electron chi connectivity index (χ2n) is 8.81. The summed E-state index contributed by atoms with van der Waals surface area (Å²) in [4.78, 5) is 28.6. The van der Waals surface area contributed by atoms with Crippen LogP contribution in [0, 0.1) is 17.7 Å². The maximum absolute atomic E-state index is 14.7. The van der Waals surface area contributed by atoms with Crippen LogP contribution in [-0.2, 0) is 9.59 Å². The summed E-state index contributed by atoms with van der Waals surface area (Å²) < 4.78 is 14.7. The minimum absolute atomic E-state index is 0.0198. The zero-order valence-electron chi connectivity index (χ0n) is 17.9. The van der Waals surface area contributed by atoms with E-state index >= 15 is 0 Å². The number of hydrogen-bond donors (Lipinski definition) is 1. The van der Waals surface area contributed by atoms with Crippen molar-refractivity contribution in [2.45, 2.75) is 64.8 Å². The third-order valence-electron chi connectivity index (χ3n) is 6.39. The summed E-state index contributed by atoms with van der Waals surface area (Å²) in [5.74, 6) is -0.404. The first kappa shape index (κ1) is 21.6. The van der Waals surface area contributed by atoms with Gasteiger partial charge in [-0.05, 0) is 43.9 Å². The summed E-state index contributed by atoms with van der Waals surface area (Å²) >= 11 is 0. The van der Waals surface area contributed by atoms with Crippen molar-refractivity contribution >= 4 is 23.2 Å². The lowest BCUT2D eigenvalue weighted by Gasteiger charge is -2.33. The van der Waals surface area contributed by atoms with Crippen molar-refractivity contribution in [2.24, 2.45) is 11.8 Å². The van der Waals surface area contributed by atoms with Crippen molar-refractivity contribution in [1.82, 2.24) is 4.90 Å². The SMILES string of the molecule is CC(C)C(=O)N1CCC(C(=O)Nc2ccc(N(C)C3CCCCC3)c(F)c2)CC1. The van der Waals surface area contributed by atoms with Gasteiger partial charge in [-0.3, -0.25) is 9.59 Å². The fourth-order valence-corrected chi connectivity index (χ4v) is 4.51. The van der Waals surface area contributed by atoms with Crippen LogP contribution >= 0.6 is 0 Å². The van der Waals surface area contributed by atoms with Gasteiger partial charge in [-0.2, -0.15) is 0 Å². The minimum atomic E-state index is -0.298. The van der Waals surface area contributed by atoms with Crippen LogP contribution in [0.2, 0.25) is 0 Å². The van der Waals surface area contributed by atoms with Gasteiger partial charge in [-0.25, -0.2) is 4.39 Å². The molecule has 6 heteroatoms. The molecule has 1 saturated carbocycles. The van der Waals surface area contributed by atoms with E-state index in [1.807, 2.05) is 30.7 Å². The van der Waals surface area contributed by atoms with Gasteiger partial charge in [0.1, 0.15) is 5.82 Å². The van der Waals surface area contributed by atoms with E-state index in [0.29, 0.717) is 43.3 Å². The number of likely N-dealkylation sites (tertiary alicyclic amines) is 1. The molecule has 3 rings (SSSR count). The molecule has 1 aliphatic carbocycles. The number of benzene rings is 1. The topological polar surface area (TPSA) is 52.7 Å². The molecule has 5 nitrogen and oxygen atoms in total. The van der Waals surface area contributed by atoms with Gasteiger partial charge in [0.05, 0.1) is 5.69 Å². The summed E-state index contributed by atoms with van der Waals surface area (Å²) in [6, 6.07) is 5.36. The molecule has 0 spiro atoms.